The fourth-order valence-electron chi connectivity index (χ4n) is 1.56. The third-order valence-corrected chi connectivity index (χ3v) is 2.40. The van der Waals surface area contributed by atoms with Crippen LogP contribution in [-0.2, 0) is 6.42 Å². The molecule has 0 N–H and O–H groups in total. The lowest BCUT2D eigenvalue weighted by atomic mass is 9.89. The molecule has 1 aromatic rings. The summed E-state index contributed by atoms with van der Waals surface area (Å²) in [5.74, 6) is 0. The van der Waals surface area contributed by atoms with Crippen LogP contribution in [0.3, 0.4) is 0 Å². The van der Waals surface area contributed by atoms with E-state index in [4.69, 9.17) is 0 Å². The molecule has 0 unspecified atom stereocenters. The van der Waals surface area contributed by atoms with Crippen LogP contribution in [0.5, 0.6) is 0 Å². The van der Waals surface area contributed by atoms with Crippen LogP contribution < -0.4 is 0 Å². The monoisotopic (exact) mass is 189 g/mol. The zero-order valence-electron chi connectivity index (χ0n) is 9.64. The van der Waals surface area contributed by atoms with Gasteiger partial charge in [0.1, 0.15) is 0 Å². The van der Waals surface area contributed by atoms with Crippen molar-refractivity contribution in [1.82, 2.24) is 0 Å². The van der Waals surface area contributed by atoms with E-state index in [1.165, 1.54) is 31.2 Å². The van der Waals surface area contributed by atoms with E-state index in [9.17, 15) is 0 Å². The third-order valence-electron chi connectivity index (χ3n) is 2.40. The van der Waals surface area contributed by atoms with Gasteiger partial charge in [-0.15, -0.1) is 0 Å². The minimum absolute atomic E-state index is 0.487. The molecular weight excluding hydrogens is 168 g/mol. The standard InChI is InChI=1S/C14H21/c1-14(2,3)12-8-7-11-13-9-5-4-6-10-13/h4-6,9H,7-8,11-12H2,1-3H3. The summed E-state index contributed by atoms with van der Waals surface area (Å²) in [7, 11) is 0. The van der Waals surface area contributed by atoms with Crippen LogP contribution in [0.2, 0.25) is 0 Å². The van der Waals surface area contributed by atoms with Gasteiger partial charge in [0.25, 0.3) is 0 Å². The number of benzene rings is 1. The van der Waals surface area contributed by atoms with E-state index in [0.29, 0.717) is 5.41 Å². The first-order valence-electron chi connectivity index (χ1n) is 5.53. The Morgan fingerprint density at radius 1 is 1.14 bits per heavy atom. The van der Waals surface area contributed by atoms with Gasteiger partial charge in [-0.2, -0.15) is 0 Å². The molecule has 0 aliphatic carbocycles. The zero-order valence-corrected chi connectivity index (χ0v) is 9.64. The summed E-state index contributed by atoms with van der Waals surface area (Å²) < 4.78 is 0. The Bertz CT molecular complexity index is 240. The van der Waals surface area contributed by atoms with E-state index < -0.39 is 0 Å². The normalized spacial score (nSPS) is 11.6. The minimum Gasteiger partial charge on any atom is -0.0620 e. The van der Waals surface area contributed by atoms with Gasteiger partial charge in [-0.25, -0.2) is 0 Å². The molecule has 0 spiro atoms. The predicted molar refractivity (Wildman–Crippen MR) is 62.3 cm³/mol. The second-order valence-electron chi connectivity index (χ2n) is 5.16. The molecule has 1 aromatic carbocycles. The number of hydrogen-bond acceptors (Lipinski definition) is 0. The summed E-state index contributed by atoms with van der Waals surface area (Å²) in [4.78, 5) is 0. The van der Waals surface area contributed by atoms with Gasteiger partial charge in [0, 0.05) is 0 Å². The maximum Gasteiger partial charge on any atom is -0.0149 e. The number of unbranched alkanes of at least 4 members (excludes halogenated alkanes) is 1. The molecule has 0 saturated heterocycles. The van der Waals surface area contributed by atoms with Crippen LogP contribution in [0.15, 0.2) is 24.3 Å². The lowest BCUT2D eigenvalue weighted by Crippen LogP contribution is -2.04. The van der Waals surface area contributed by atoms with Gasteiger partial charge < -0.3 is 0 Å². The summed E-state index contributed by atoms with van der Waals surface area (Å²) in [6, 6.07) is 11.5. The average molecular weight is 189 g/mol. The van der Waals surface area contributed by atoms with Crippen molar-refractivity contribution in [3.05, 3.63) is 35.9 Å². The highest BCUT2D eigenvalue weighted by Crippen LogP contribution is 2.22. The van der Waals surface area contributed by atoms with Gasteiger partial charge in [-0.1, -0.05) is 51.5 Å². The zero-order chi connectivity index (χ0) is 10.4. The second kappa shape index (κ2) is 5.19. The van der Waals surface area contributed by atoms with E-state index in [1.54, 1.807) is 0 Å². The molecule has 0 heterocycles. The fourth-order valence-corrected chi connectivity index (χ4v) is 1.56. The van der Waals surface area contributed by atoms with Crippen molar-refractivity contribution in [2.75, 3.05) is 0 Å². The fraction of sp³-hybridized carbons (Fsp3) is 0.571. The highest BCUT2D eigenvalue weighted by atomic mass is 14.1. The molecule has 0 fully saturated rings. The van der Waals surface area contributed by atoms with Gasteiger partial charge in [-0.05, 0) is 36.3 Å². The van der Waals surface area contributed by atoms with Crippen LogP contribution in [0.4, 0.5) is 0 Å². The molecule has 1 radical (unpaired) electrons. The number of aryl methyl sites for hydroxylation is 1. The molecule has 77 valence electrons. The molecule has 1 rings (SSSR count). The van der Waals surface area contributed by atoms with Crippen molar-refractivity contribution < 1.29 is 0 Å². The molecule has 0 nitrogen and oxygen atoms in total. The van der Waals surface area contributed by atoms with Crippen LogP contribution in [0.25, 0.3) is 0 Å². The van der Waals surface area contributed by atoms with Gasteiger partial charge >= 0.3 is 0 Å². The summed E-state index contributed by atoms with van der Waals surface area (Å²) in [6.45, 7) is 6.92. The largest absolute Gasteiger partial charge is 0.0620 e. The Hall–Kier alpha value is -0.780. The summed E-state index contributed by atoms with van der Waals surface area (Å²) in [6.07, 6.45) is 5.11. The van der Waals surface area contributed by atoms with Crippen molar-refractivity contribution in [3.8, 4) is 0 Å². The summed E-state index contributed by atoms with van der Waals surface area (Å²) >= 11 is 0. The smallest absolute Gasteiger partial charge is 0.0149 e. The highest BCUT2D eigenvalue weighted by Gasteiger charge is 2.08. The first-order valence-corrected chi connectivity index (χ1v) is 5.53. The van der Waals surface area contributed by atoms with Gasteiger partial charge in [0.2, 0.25) is 0 Å². The average Bonchev–Trinajstić information content (AvgIpc) is 2.13. The lowest BCUT2D eigenvalue weighted by molar-refractivity contribution is 0.360. The lowest BCUT2D eigenvalue weighted by Gasteiger charge is -2.17. The minimum atomic E-state index is 0.487. The van der Waals surface area contributed by atoms with E-state index >= 15 is 0 Å². The van der Waals surface area contributed by atoms with Gasteiger partial charge in [0.15, 0.2) is 0 Å². The van der Waals surface area contributed by atoms with E-state index in [0.717, 1.165) is 0 Å². The first kappa shape index (κ1) is 11.3. The second-order valence-corrected chi connectivity index (χ2v) is 5.16. The molecule has 0 aliphatic rings. The molecule has 0 bridgehead atoms. The SMILES string of the molecule is CC(C)(C)CCCCc1[c]cccc1. The molecular formula is C14H21. The summed E-state index contributed by atoms with van der Waals surface area (Å²) in [5.41, 5.74) is 1.84. The van der Waals surface area contributed by atoms with Crippen LogP contribution in [0.1, 0.15) is 45.6 Å². The first-order chi connectivity index (χ1) is 6.58. The topological polar surface area (TPSA) is 0 Å². The van der Waals surface area contributed by atoms with Gasteiger partial charge in [-0.3, -0.25) is 0 Å². The third kappa shape index (κ3) is 5.06. The number of hydrogen-bond donors (Lipinski definition) is 0. The molecule has 0 saturated carbocycles. The van der Waals surface area contributed by atoms with Crippen molar-refractivity contribution in [2.45, 2.75) is 46.5 Å². The molecule has 0 atom stereocenters. The van der Waals surface area contributed by atoms with Gasteiger partial charge in [0.05, 0.1) is 0 Å². The maximum absolute atomic E-state index is 3.27. The number of rotatable bonds is 4. The van der Waals surface area contributed by atoms with E-state index in [2.05, 4.69) is 39.0 Å². The quantitative estimate of drug-likeness (QED) is 0.621. The van der Waals surface area contributed by atoms with Crippen molar-refractivity contribution in [2.24, 2.45) is 5.41 Å². The Morgan fingerprint density at radius 3 is 2.50 bits per heavy atom. The predicted octanol–water partition coefficient (Wildman–Crippen LogP) is 4.25. The molecule has 14 heavy (non-hydrogen) atoms. The summed E-state index contributed by atoms with van der Waals surface area (Å²) in [5, 5.41) is 0. The van der Waals surface area contributed by atoms with Crippen molar-refractivity contribution in [1.29, 1.82) is 0 Å². The molecule has 0 heteroatoms. The van der Waals surface area contributed by atoms with Crippen LogP contribution in [-0.4, -0.2) is 0 Å². The molecule has 0 amide bonds. The molecule has 0 aromatic heterocycles. The van der Waals surface area contributed by atoms with Crippen molar-refractivity contribution >= 4 is 0 Å². The maximum atomic E-state index is 3.27. The highest BCUT2D eigenvalue weighted by molar-refractivity contribution is 5.12. The Morgan fingerprint density at radius 2 is 1.93 bits per heavy atom. The Balaban J connectivity index is 2.17. The Kier molecular flexibility index (Phi) is 4.19. The van der Waals surface area contributed by atoms with Crippen molar-refractivity contribution in [3.63, 3.8) is 0 Å². The van der Waals surface area contributed by atoms with Crippen LogP contribution >= 0.6 is 0 Å². The molecule has 0 aliphatic heterocycles. The van der Waals surface area contributed by atoms with E-state index in [-0.39, 0.29) is 0 Å². The van der Waals surface area contributed by atoms with Crippen LogP contribution in [0, 0.1) is 11.5 Å². The Labute approximate surface area is 88.4 Å². The van der Waals surface area contributed by atoms with E-state index in [1.807, 2.05) is 12.1 Å².